The van der Waals surface area contributed by atoms with Crippen LogP contribution in [-0.2, 0) is 14.4 Å². The summed E-state index contributed by atoms with van der Waals surface area (Å²) in [6, 6.07) is 16.6. The number of methoxy groups -OCH3 is 1. The van der Waals surface area contributed by atoms with Gasteiger partial charge in [0.1, 0.15) is 16.8 Å². The molecule has 11 heteroatoms. The summed E-state index contributed by atoms with van der Waals surface area (Å²) < 4.78 is 5.42. The number of nitro groups is 1. The molecule has 3 amide bonds. The molecule has 2 saturated heterocycles. The van der Waals surface area contributed by atoms with E-state index in [9.17, 15) is 24.5 Å². The summed E-state index contributed by atoms with van der Waals surface area (Å²) in [5, 5.41) is 14.0. The monoisotopic (exact) mass is 544 g/mol. The number of imide groups is 1. The predicted octanol–water partition coefficient (Wildman–Crippen LogP) is 4.41. The molecule has 6 rings (SSSR count). The van der Waals surface area contributed by atoms with Crippen LogP contribution in [0.2, 0.25) is 5.02 Å². The molecule has 0 aromatic heterocycles. The number of anilines is 2. The van der Waals surface area contributed by atoms with Crippen LogP contribution in [0, 0.1) is 22.0 Å². The summed E-state index contributed by atoms with van der Waals surface area (Å²) in [5.41, 5.74) is 1.81. The maximum absolute atomic E-state index is 14.0. The minimum absolute atomic E-state index is 0.0708. The molecule has 0 unspecified atom stereocenters. The smallest absolute Gasteiger partial charge is 0.289 e. The van der Waals surface area contributed by atoms with Crippen LogP contribution in [0.25, 0.3) is 6.08 Å². The average Bonchev–Trinajstić information content (AvgIpc) is 3.41. The van der Waals surface area contributed by atoms with Crippen molar-refractivity contribution < 1.29 is 24.0 Å². The van der Waals surface area contributed by atoms with E-state index < -0.39 is 46.6 Å². The Bertz CT molecular complexity index is 1590. The minimum atomic E-state index is -1.06. The number of amides is 3. The van der Waals surface area contributed by atoms with E-state index >= 15 is 0 Å². The van der Waals surface area contributed by atoms with Crippen molar-refractivity contribution in [2.24, 2.45) is 11.8 Å². The molecule has 0 radical (unpaired) electrons. The lowest BCUT2D eigenvalue weighted by molar-refractivity contribution is -0.384. The second-order valence-corrected chi connectivity index (χ2v) is 9.84. The predicted molar refractivity (Wildman–Crippen MR) is 143 cm³/mol. The lowest BCUT2D eigenvalue weighted by Crippen LogP contribution is -2.46. The SMILES string of the molecule is COc1ccccc1N1C(=O)[C@@H]2[C@H](C1=O)[C@@H]1c3ccccc3C=CN1[C@H]2C(=O)Nc1ccc(Cl)c([N+](=O)[O-])c1. The summed E-state index contributed by atoms with van der Waals surface area (Å²) in [6.07, 6.45) is 3.57. The first-order valence-corrected chi connectivity index (χ1v) is 12.5. The zero-order chi connectivity index (χ0) is 27.4. The van der Waals surface area contributed by atoms with Crippen molar-refractivity contribution in [2.75, 3.05) is 17.3 Å². The number of benzene rings is 3. The van der Waals surface area contributed by atoms with Crippen molar-refractivity contribution in [3.8, 4) is 5.75 Å². The molecule has 2 fully saturated rings. The second-order valence-electron chi connectivity index (χ2n) is 9.43. The highest BCUT2D eigenvalue weighted by Crippen LogP contribution is 2.54. The number of carbonyl (C=O) groups excluding carboxylic acids is 3. The maximum atomic E-state index is 14.0. The molecule has 0 spiro atoms. The minimum Gasteiger partial charge on any atom is -0.495 e. The third-order valence-electron chi connectivity index (χ3n) is 7.47. The number of nitro benzene ring substituents is 1. The molecule has 0 bridgehead atoms. The summed E-state index contributed by atoms with van der Waals surface area (Å²) in [6.45, 7) is 0. The van der Waals surface area contributed by atoms with Gasteiger partial charge in [-0.25, -0.2) is 4.90 Å². The number of halogens is 1. The number of fused-ring (bicyclic) bond motifs is 5. The van der Waals surface area contributed by atoms with Gasteiger partial charge in [0.15, 0.2) is 0 Å². The first-order chi connectivity index (χ1) is 18.8. The number of para-hydroxylation sites is 2. The van der Waals surface area contributed by atoms with Gasteiger partial charge in [-0.1, -0.05) is 48.0 Å². The van der Waals surface area contributed by atoms with Crippen LogP contribution < -0.4 is 15.0 Å². The van der Waals surface area contributed by atoms with E-state index in [1.807, 2.05) is 30.3 Å². The third kappa shape index (κ3) is 3.75. The highest BCUT2D eigenvalue weighted by atomic mass is 35.5. The fourth-order valence-corrected chi connectivity index (χ4v) is 6.04. The molecule has 1 N–H and O–H groups in total. The van der Waals surface area contributed by atoms with Gasteiger partial charge in [0.05, 0.1) is 35.6 Å². The Hall–Kier alpha value is -4.70. The van der Waals surface area contributed by atoms with Crippen molar-refractivity contribution in [3.05, 3.63) is 99.2 Å². The normalized spacial score (nSPS) is 22.8. The first kappa shape index (κ1) is 24.6. The molecule has 0 saturated carbocycles. The number of ether oxygens (including phenoxy) is 1. The Balaban J connectivity index is 1.44. The van der Waals surface area contributed by atoms with E-state index in [1.54, 1.807) is 35.4 Å². The summed E-state index contributed by atoms with van der Waals surface area (Å²) >= 11 is 5.93. The van der Waals surface area contributed by atoms with E-state index in [4.69, 9.17) is 16.3 Å². The van der Waals surface area contributed by atoms with Crippen LogP contribution in [0.5, 0.6) is 5.75 Å². The van der Waals surface area contributed by atoms with E-state index in [0.717, 1.165) is 22.1 Å². The quantitative estimate of drug-likeness (QED) is 0.287. The zero-order valence-corrected chi connectivity index (χ0v) is 21.2. The number of rotatable bonds is 5. The molecular weight excluding hydrogens is 524 g/mol. The van der Waals surface area contributed by atoms with Crippen LogP contribution in [0.3, 0.4) is 0 Å². The Morgan fingerprint density at radius 2 is 1.74 bits per heavy atom. The zero-order valence-electron chi connectivity index (χ0n) is 20.5. The molecule has 3 aliphatic rings. The van der Waals surface area contributed by atoms with Crippen LogP contribution in [0.1, 0.15) is 17.2 Å². The van der Waals surface area contributed by atoms with Crippen molar-refractivity contribution >= 4 is 52.5 Å². The molecule has 196 valence electrons. The first-order valence-electron chi connectivity index (χ1n) is 12.1. The third-order valence-corrected chi connectivity index (χ3v) is 7.79. The van der Waals surface area contributed by atoms with Crippen LogP contribution in [0.4, 0.5) is 17.1 Å². The van der Waals surface area contributed by atoms with Gasteiger partial charge >= 0.3 is 0 Å². The summed E-state index contributed by atoms with van der Waals surface area (Å²) in [7, 11) is 1.45. The Labute approximate surface area is 227 Å². The summed E-state index contributed by atoms with van der Waals surface area (Å²) in [4.78, 5) is 55.4. The largest absolute Gasteiger partial charge is 0.495 e. The van der Waals surface area contributed by atoms with Gasteiger partial charge in [0.2, 0.25) is 17.7 Å². The summed E-state index contributed by atoms with van der Waals surface area (Å²) in [5.74, 6) is -3.01. The fourth-order valence-electron chi connectivity index (χ4n) is 5.86. The van der Waals surface area contributed by atoms with E-state index in [-0.39, 0.29) is 16.4 Å². The van der Waals surface area contributed by atoms with E-state index in [2.05, 4.69) is 5.32 Å². The molecule has 39 heavy (non-hydrogen) atoms. The molecule has 4 atom stereocenters. The van der Waals surface area contributed by atoms with Gasteiger partial charge in [0, 0.05) is 18.0 Å². The lowest BCUT2D eigenvalue weighted by Gasteiger charge is -2.35. The van der Waals surface area contributed by atoms with Crippen molar-refractivity contribution in [1.82, 2.24) is 4.90 Å². The molecule has 3 aromatic rings. The van der Waals surface area contributed by atoms with Gasteiger partial charge in [0.25, 0.3) is 5.69 Å². The maximum Gasteiger partial charge on any atom is 0.289 e. The fraction of sp³-hybridized carbons (Fsp3) is 0.179. The number of carbonyl (C=O) groups is 3. The average molecular weight is 545 g/mol. The Kier molecular flexibility index (Phi) is 5.84. The molecule has 10 nitrogen and oxygen atoms in total. The molecular formula is C28H21ClN4O6. The molecule has 3 aromatic carbocycles. The van der Waals surface area contributed by atoms with Gasteiger partial charge in [-0.2, -0.15) is 0 Å². The lowest BCUT2D eigenvalue weighted by atomic mass is 9.84. The second kappa shape index (κ2) is 9.25. The number of nitrogens with one attached hydrogen (secondary N) is 1. The van der Waals surface area contributed by atoms with Gasteiger partial charge in [-0.15, -0.1) is 0 Å². The van der Waals surface area contributed by atoms with Crippen molar-refractivity contribution in [2.45, 2.75) is 12.1 Å². The number of hydrogen-bond acceptors (Lipinski definition) is 7. The van der Waals surface area contributed by atoms with Crippen LogP contribution in [-0.4, -0.2) is 40.7 Å². The standard InChI is InChI=1S/C28H21ClN4O6/c1-39-21-9-5-4-8-19(21)32-27(35)22-23(28(32)36)25(31-13-12-15-6-2-3-7-17(15)24(22)31)26(34)30-16-10-11-18(29)20(14-16)33(37)38/h2-14,22-25H,1H3,(H,30,34)/t22-,23+,24-,25+/m0/s1. The highest BCUT2D eigenvalue weighted by molar-refractivity contribution is 6.32. The topological polar surface area (TPSA) is 122 Å². The van der Waals surface area contributed by atoms with Crippen LogP contribution in [0.15, 0.2) is 72.9 Å². The van der Waals surface area contributed by atoms with E-state index in [1.165, 1.54) is 19.2 Å². The van der Waals surface area contributed by atoms with Crippen molar-refractivity contribution in [3.63, 3.8) is 0 Å². The molecule has 3 aliphatic heterocycles. The van der Waals surface area contributed by atoms with Gasteiger partial charge < -0.3 is 15.0 Å². The molecule has 0 aliphatic carbocycles. The van der Waals surface area contributed by atoms with Crippen molar-refractivity contribution in [1.29, 1.82) is 0 Å². The Morgan fingerprint density at radius 1 is 1.03 bits per heavy atom. The Morgan fingerprint density at radius 3 is 2.51 bits per heavy atom. The van der Waals surface area contributed by atoms with Gasteiger partial charge in [-0.05, 0) is 41.5 Å². The highest BCUT2D eigenvalue weighted by Gasteiger charge is 2.65. The van der Waals surface area contributed by atoms with E-state index in [0.29, 0.717) is 11.4 Å². The van der Waals surface area contributed by atoms with Gasteiger partial charge in [-0.3, -0.25) is 24.5 Å². The molecule has 3 heterocycles. The number of hydrogen-bond donors (Lipinski definition) is 1. The number of nitrogens with zero attached hydrogens (tertiary/aromatic N) is 3. The van der Waals surface area contributed by atoms with Crippen LogP contribution >= 0.6 is 11.6 Å².